The lowest BCUT2D eigenvalue weighted by Gasteiger charge is -2.23. The Balaban J connectivity index is 1.84. The molecule has 2 aromatic carbocycles. The molecule has 1 fully saturated rings. The van der Waals surface area contributed by atoms with Crippen LogP contribution in [0.5, 0.6) is 5.75 Å². The minimum absolute atomic E-state index is 0.0404. The van der Waals surface area contributed by atoms with Gasteiger partial charge in [0.2, 0.25) is 0 Å². The van der Waals surface area contributed by atoms with E-state index in [0.29, 0.717) is 11.4 Å². The molecule has 150 valence electrons. The minimum atomic E-state index is -3.92. The number of hydrogen-bond acceptors (Lipinski definition) is 5. The van der Waals surface area contributed by atoms with Crippen LogP contribution in [0, 0.1) is 0 Å². The third kappa shape index (κ3) is 4.56. The second-order valence-electron chi connectivity index (χ2n) is 6.86. The van der Waals surface area contributed by atoms with Gasteiger partial charge < -0.3 is 15.8 Å². The van der Waals surface area contributed by atoms with Crippen LogP contribution >= 0.6 is 0 Å². The Morgan fingerprint density at radius 2 is 1.82 bits per heavy atom. The van der Waals surface area contributed by atoms with Gasteiger partial charge in [-0.3, -0.25) is 9.52 Å². The molecule has 2 aromatic rings. The number of carbonyl (C=O) groups is 1. The van der Waals surface area contributed by atoms with Gasteiger partial charge in [-0.05, 0) is 43.2 Å². The topological polar surface area (TPSA) is 111 Å². The zero-order chi connectivity index (χ0) is 20.1. The summed E-state index contributed by atoms with van der Waals surface area (Å²) >= 11 is 0. The van der Waals surface area contributed by atoms with Crippen molar-refractivity contribution in [2.24, 2.45) is 0 Å². The molecule has 8 heteroatoms. The van der Waals surface area contributed by atoms with Crippen molar-refractivity contribution in [1.82, 2.24) is 5.32 Å². The summed E-state index contributed by atoms with van der Waals surface area (Å²) in [7, 11) is -2.45. The number of carbonyl (C=O) groups excluding carboxylic acids is 1. The molecule has 0 radical (unpaired) electrons. The largest absolute Gasteiger partial charge is 0.495 e. The molecule has 0 unspecified atom stereocenters. The first-order chi connectivity index (χ1) is 13.4. The lowest BCUT2D eigenvalue weighted by molar-refractivity contribution is 0.0928. The van der Waals surface area contributed by atoms with Crippen LogP contribution < -0.4 is 20.5 Å². The highest BCUT2D eigenvalue weighted by Gasteiger charge is 2.22. The number of nitrogen functional groups attached to an aromatic ring is 1. The fourth-order valence-electron chi connectivity index (χ4n) is 3.34. The molecule has 1 aliphatic rings. The lowest BCUT2D eigenvalue weighted by atomic mass is 9.95. The molecule has 0 saturated heterocycles. The number of para-hydroxylation sites is 2. The molecule has 3 rings (SSSR count). The van der Waals surface area contributed by atoms with Crippen molar-refractivity contribution in [3.05, 3.63) is 48.0 Å². The number of nitrogens with one attached hydrogen (secondary N) is 2. The van der Waals surface area contributed by atoms with Gasteiger partial charge in [0.15, 0.2) is 0 Å². The third-order valence-electron chi connectivity index (χ3n) is 4.87. The molecule has 0 heterocycles. The van der Waals surface area contributed by atoms with Gasteiger partial charge in [-0.2, -0.15) is 0 Å². The van der Waals surface area contributed by atoms with Crippen molar-refractivity contribution in [2.45, 2.75) is 43.0 Å². The maximum Gasteiger partial charge on any atom is 0.262 e. The van der Waals surface area contributed by atoms with E-state index >= 15 is 0 Å². The van der Waals surface area contributed by atoms with Crippen molar-refractivity contribution < 1.29 is 17.9 Å². The molecule has 0 aromatic heterocycles. The van der Waals surface area contributed by atoms with E-state index in [9.17, 15) is 13.2 Å². The summed E-state index contributed by atoms with van der Waals surface area (Å²) in [4.78, 5) is 12.6. The second kappa shape index (κ2) is 8.52. The van der Waals surface area contributed by atoms with E-state index in [1.807, 2.05) is 0 Å². The summed E-state index contributed by atoms with van der Waals surface area (Å²) in [5.74, 6) is 0.0514. The monoisotopic (exact) mass is 403 g/mol. The van der Waals surface area contributed by atoms with E-state index in [1.165, 1.54) is 31.7 Å². The minimum Gasteiger partial charge on any atom is -0.495 e. The van der Waals surface area contributed by atoms with E-state index in [4.69, 9.17) is 10.5 Å². The summed E-state index contributed by atoms with van der Waals surface area (Å²) < 4.78 is 33.3. The number of hydrogen-bond donors (Lipinski definition) is 3. The zero-order valence-corrected chi connectivity index (χ0v) is 16.6. The second-order valence-corrected chi connectivity index (χ2v) is 8.55. The quantitative estimate of drug-likeness (QED) is 0.642. The van der Waals surface area contributed by atoms with E-state index in [2.05, 4.69) is 10.0 Å². The average molecular weight is 404 g/mol. The first-order valence-electron chi connectivity index (χ1n) is 9.27. The summed E-state index contributed by atoms with van der Waals surface area (Å²) in [6.45, 7) is 0. The van der Waals surface area contributed by atoms with Crippen LogP contribution in [0.25, 0.3) is 0 Å². The Labute approximate surface area is 165 Å². The van der Waals surface area contributed by atoms with Gasteiger partial charge >= 0.3 is 0 Å². The number of methoxy groups -OCH3 is 1. The average Bonchev–Trinajstić information content (AvgIpc) is 2.69. The first kappa shape index (κ1) is 20.0. The molecule has 4 N–H and O–H groups in total. The van der Waals surface area contributed by atoms with Gasteiger partial charge in [0.1, 0.15) is 5.75 Å². The third-order valence-corrected chi connectivity index (χ3v) is 6.23. The Morgan fingerprint density at radius 1 is 1.11 bits per heavy atom. The number of nitrogens with two attached hydrogens (primary N) is 1. The van der Waals surface area contributed by atoms with Crippen molar-refractivity contribution in [1.29, 1.82) is 0 Å². The molecular formula is C20H25N3O4S. The molecule has 7 nitrogen and oxygen atoms in total. The Morgan fingerprint density at radius 3 is 2.54 bits per heavy atom. The van der Waals surface area contributed by atoms with Gasteiger partial charge in [-0.25, -0.2) is 8.42 Å². The van der Waals surface area contributed by atoms with Crippen molar-refractivity contribution in [3.8, 4) is 5.75 Å². The van der Waals surface area contributed by atoms with Gasteiger partial charge in [0, 0.05) is 11.7 Å². The van der Waals surface area contributed by atoms with Crippen molar-refractivity contribution >= 4 is 27.3 Å². The van der Waals surface area contributed by atoms with E-state index in [0.717, 1.165) is 25.7 Å². The number of rotatable bonds is 6. The van der Waals surface area contributed by atoms with Crippen molar-refractivity contribution in [2.75, 3.05) is 17.6 Å². The molecule has 0 bridgehead atoms. The number of amides is 1. The van der Waals surface area contributed by atoms with Gasteiger partial charge in [-0.1, -0.05) is 31.4 Å². The summed E-state index contributed by atoms with van der Waals surface area (Å²) in [5, 5.41) is 2.97. The molecule has 0 spiro atoms. The Hall–Kier alpha value is -2.74. The van der Waals surface area contributed by atoms with E-state index in [1.54, 1.807) is 24.3 Å². The Kier molecular flexibility index (Phi) is 6.08. The van der Waals surface area contributed by atoms with Crippen molar-refractivity contribution in [3.63, 3.8) is 0 Å². The molecule has 28 heavy (non-hydrogen) atoms. The van der Waals surface area contributed by atoms with Gasteiger partial charge in [0.05, 0.1) is 23.3 Å². The summed E-state index contributed by atoms with van der Waals surface area (Å²) in [6.07, 6.45) is 5.20. The number of sulfonamides is 1. The van der Waals surface area contributed by atoms with E-state index in [-0.39, 0.29) is 28.1 Å². The molecule has 1 aliphatic carbocycles. The molecule has 0 aliphatic heterocycles. The number of ether oxygens (including phenoxy) is 1. The molecule has 1 saturated carbocycles. The van der Waals surface area contributed by atoms with Gasteiger partial charge in [0.25, 0.3) is 15.9 Å². The maximum absolute atomic E-state index is 12.8. The summed E-state index contributed by atoms with van der Waals surface area (Å²) in [6, 6.07) is 10.9. The van der Waals surface area contributed by atoms with Crippen LogP contribution in [0.1, 0.15) is 42.5 Å². The Bertz CT molecular complexity index is 954. The van der Waals surface area contributed by atoms with E-state index < -0.39 is 10.0 Å². The van der Waals surface area contributed by atoms with Crippen LogP contribution in [0.3, 0.4) is 0 Å². The van der Waals surface area contributed by atoms with Crippen LogP contribution in [-0.2, 0) is 10.0 Å². The smallest absolute Gasteiger partial charge is 0.262 e. The predicted octanol–water partition coefficient (Wildman–Crippen LogP) is 3.14. The van der Waals surface area contributed by atoms with Crippen LogP contribution in [0.15, 0.2) is 47.4 Å². The van der Waals surface area contributed by atoms with Crippen LogP contribution in [0.2, 0.25) is 0 Å². The highest BCUT2D eigenvalue weighted by atomic mass is 32.2. The van der Waals surface area contributed by atoms with Crippen LogP contribution in [0.4, 0.5) is 11.4 Å². The number of anilines is 2. The standard InChI is InChI=1S/C20H25N3O4S/c1-27-19-10-6-5-9-18(19)23-28(25,26)15-11-12-17(21)16(13-15)20(24)22-14-7-3-2-4-8-14/h5-6,9-14,23H,2-4,7-8,21H2,1H3,(H,22,24). The molecule has 1 amide bonds. The fourth-order valence-corrected chi connectivity index (χ4v) is 4.44. The van der Waals surface area contributed by atoms with Crippen LogP contribution in [-0.4, -0.2) is 27.5 Å². The molecular weight excluding hydrogens is 378 g/mol. The maximum atomic E-state index is 12.8. The zero-order valence-electron chi connectivity index (χ0n) is 15.8. The highest BCUT2D eigenvalue weighted by molar-refractivity contribution is 7.92. The lowest BCUT2D eigenvalue weighted by Crippen LogP contribution is -2.36. The highest BCUT2D eigenvalue weighted by Crippen LogP contribution is 2.27. The predicted molar refractivity (Wildman–Crippen MR) is 109 cm³/mol. The SMILES string of the molecule is COc1ccccc1NS(=O)(=O)c1ccc(N)c(C(=O)NC2CCCCC2)c1. The first-order valence-corrected chi connectivity index (χ1v) is 10.8. The van der Waals surface area contributed by atoms with Gasteiger partial charge in [-0.15, -0.1) is 0 Å². The summed E-state index contributed by atoms with van der Waals surface area (Å²) in [5.41, 5.74) is 6.66. The molecule has 0 atom stereocenters. The normalized spacial score (nSPS) is 15.0. The fraction of sp³-hybridized carbons (Fsp3) is 0.350. The number of benzene rings is 2.